The van der Waals surface area contributed by atoms with Gasteiger partial charge in [0.2, 0.25) is 5.91 Å². The lowest BCUT2D eigenvalue weighted by Gasteiger charge is -2.18. The number of nitriles is 1. The van der Waals surface area contributed by atoms with Crippen molar-refractivity contribution in [1.29, 1.82) is 5.26 Å². The van der Waals surface area contributed by atoms with Gasteiger partial charge in [-0.05, 0) is 48.0 Å². The third-order valence-corrected chi connectivity index (χ3v) is 5.08. The number of methoxy groups -OCH3 is 1. The second kappa shape index (κ2) is 11.9. The fourth-order valence-electron chi connectivity index (χ4n) is 3.30. The summed E-state index contributed by atoms with van der Waals surface area (Å²) >= 11 is 0. The van der Waals surface area contributed by atoms with E-state index in [1.807, 2.05) is 60.7 Å². The summed E-state index contributed by atoms with van der Waals surface area (Å²) in [5.41, 5.74) is 2.52. The predicted octanol–water partition coefficient (Wildman–Crippen LogP) is 3.31. The summed E-state index contributed by atoms with van der Waals surface area (Å²) in [6.07, 6.45) is 0. The minimum Gasteiger partial charge on any atom is -0.497 e. The molecule has 3 rings (SSSR count). The first-order valence-electron chi connectivity index (χ1n) is 10.6. The van der Waals surface area contributed by atoms with E-state index in [0.29, 0.717) is 24.2 Å². The average Bonchev–Trinajstić information content (AvgIpc) is 2.87. The number of carbonyl (C=O) groups excluding carboxylic acids is 2. The monoisotopic (exact) mass is 442 g/mol. The summed E-state index contributed by atoms with van der Waals surface area (Å²) in [4.78, 5) is 25.5. The molecule has 2 amide bonds. The number of anilines is 1. The third kappa shape index (κ3) is 6.84. The first-order chi connectivity index (χ1) is 16.1. The average molecular weight is 443 g/mol. The molecule has 1 unspecified atom stereocenters. The van der Waals surface area contributed by atoms with Crippen LogP contribution >= 0.6 is 0 Å². The van der Waals surface area contributed by atoms with Crippen LogP contribution in [-0.2, 0) is 4.79 Å². The topological polar surface area (TPSA) is 103 Å². The molecule has 1 atom stereocenters. The van der Waals surface area contributed by atoms with Gasteiger partial charge in [0, 0.05) is 30.9 Å². The maximum absolute atomic E-state index is 12.9. The van der Waals surface area contributed by atoms with E-state index in [-0.39, 0.29) is 18.4 Å². The summed E-state index contributed by atoms with van der Waals surface area (Å²) in [5, 5.41) is 18.0. The van der Waals surface area contributed by atoms with E-state index in [1.165, 1.54) is 6.07 Å². The molecule has 3 N–H and O–H groups in total. The zero-order valence-electron chi connectivity index (χ0n) is 18.4. The smallest absolute Gasteiger partial charge is 0.251 e. The number of rotatable bonds is 10. The van der Waals surface area contributed by atoms with Crippen LogP contribution in [0.25, 0.3) is 0 Å². The van der Waals surface area contributed by atoms with Gasteiger partial charge in [0.05, 0.1) is 24.7 Å². The number of hydrogen-bond acceptors (Lipinski definition) is 5. The van der Waals surface area contributed by atoms with Gasteiger partial charge in [-0.15, -0.1) is 0 Å². The molecule has 168 valence electrons. The molecule has 3 aromatic carbocycles. The van der Waals surface area contributed by atoms with Crippen molar-refractivity contribution < 1.29 is 14.3 Å². The van der Waals surface area contributed by atoms with E-state index in [1.54, 1.807) is 25.3 Å². The molecule has 0 saturated heterocycles. The van der Waals surface area contributed by atoms with Gasteiger partial charge in [-0.25, -0.2) is 0 Å². The Kier molecular flexibility index (Phi) is 8.43. The third-order valence-electron chi connectivity index (χ3n) is 5.08. The highest BCUT2D eigenvalue weighted by molar-refractivity contribution is 5.95. The fourth-order valence-corrected chi connectivity index (χ4v) is 3.30. The summed E-state index contributed by atoms with van der Waals surface area (Å²) in [6, 6.07) is 25.3. The highest BCUT2D eigenvalue weighted by atomic mass is 16.5. The molecular weight excluding hydrogens is 416 g/mol. The van der Waals surface area contributed by atoms with Crippen LogP contribution in [0.5, 0.6) is 5.75 Å². The maximum atomic E-state index is 12.9. The summed E-state index contributed by atoms with van der Waals surface area (Å²) in [5.74, 6) is -0.276. The van der Waals surface area contributed by atoms with E-state index in [0.717, 1.165) is 17.0 Å². The van der Waals surface area contributed by atoms with Crippen molar-refractivity contribution in [2.75, 3.05) is 32.1 Å². The number of nitrogens with zero attached hydrogens (tertiary/aromatic N) is 1. The van der Waals surface area contributed by atoms with Crippen LogP contribution in [0, 0.1) is 11.3 Å². The molecule has 0 heterocycles. The van der Waals surface area contributed by atoms with Gasteiger partial charge >= 0.3 is 0 Å². The van der Waals surface area contributed by atoms with Crippen molar-refractivity contribution in [2.24, 2.45) is 0 Å². The molecule has 0 bridgehead atoms. The van der Waals surface area contributed by atoms with Crippen molar-refractivity contribution in [1.82, 2.24) is 10.6 Å². The number of carbonyl (C=O) groups is 2. The maximum Gasteiger partial charge on any atom is 0.251 e. The molecule has 0 aliphatic rings. The Morgan fingerprint density at radius 3 is 2.39 bits per heavy atom. The van der Waals surface area contributed by atoms with Crippen LogP contribution in [0.15, 0.2) is 78.9 Å². The minimum absolute atomic E-state index is 0.136. The summed E-state index contributed by atoms with van der Waals surface area (Å²) < 4.78 is 5.15. The molecular formula is C26H26N4O3. The molecule has 0 aliphatic heterocycles. The Morgan fingerprint density at radius 1 is 0.939 bits per heavy atom. The van der Waals surface area contributed by atoms with Gasteiger partial charge in [0.15, 0.2) is 0 Å². The Morgan fingerprint density at radius 2 is 1.70 bits per heavy atom. The molecule has 7 nitrogen and oxygen atoms in total. The molecule has 0 saturated carbocycles. The Balaban J connectivity index is 1.57. The first kappa shape index (κ1) is 23.4. The van der Waals surface area contributed by atoms with E-state index >= 15 is 0 Å². The van der Waals surface area contributed by atoms with Crippen molar-refractivity contribution in [3.05, 3.63) is 95.6 Å². The zero-order chi connectivity index (χ0) is 23.5. The number of ether oxygens (including phenoxy) is 1. The van der Waals surface area contributed by atoms with Gasteiger partial charge in [-0.1, -0.05) is 36.4 Å². The van der Waals surface area contributed by atoms with Crippen LogP contribution in [0.4, 0.5) is 5.69 Å². The Hall–Kier alpha value is -4.31. The summed E-state index contributed by atoms with van der Waals surface area (Å²) in [6.45, 7) is 1.11. The largest absolute Gasteiger partial charge is 0.497 e. The van der Waals surface area contributed by atoms with Crippen molar-refractivity contribution in [2.45, 2.75) is 5.92 Å². The molecule has 33 heavy (non-hydrogen) atoms. The second-order valence-corrected chi connectivity index (χ2v) is 7.31. The van der Waals surface area contributed by atoms with Crippen LogP contribution < -0.4 is 20.7 Å². The molecule has 0 aromatic heterocycles. The number of amides is 2. The van der Waals surface area contributed by atoms with E-state index in [2.05, 4.69) is 16.0 Å². The van der Waals surface area contributed by atoms with E-state index in [4.69, 9.17) is 10.00 Å². The second-order valence-electron chi connectivity index (χ2n) is 7.31. The van der Waals surface area contributed by atoms with Crippen molar-refractivity contribution in [3.8, 4) is 11.8 Å². The molecule has 0 spiro atoms. The lowest BCUT2D eigenvalue weighted by atomic mass is 9.98. The van der Waals surface area contributed by atoms with Crippen molar-refractivity contribution >= 4 is 17.5 Å². The zero-order valence-corrected chi connectivity index (χ0v) is 18.4. The first-order valence-corrected chi connectivity index (χ1v) is 10.6. The Bertz CT molecular complexity index is 1110. The normalized spacial score (nSPS) is 11.0. The van der Waals surface area contributed by atoms with Gasteiger partial charge in [0.25, 0.3) is 5.91 Å². The molecule has 3 aromatic rings. The molecule has 7 heteroatoms. The van der Waals surface area contributed by atoms with Gasteiger partial charge < -0.3 is 20.7 Å². The highest BCUT2D eigenvalue weighted by Gasteiger charge is 2.21. The number of benzene rings is 3. The van der Waals surface area contributed by atoms with Crippen molar-refractivity contribution in [3.63, 3.8) is 0 Å². The van der Waals surface area contributed by atoms with Crippen LogP contribution in [0.3, 0.4) is 0 Å². The number of hydrogen-bond donors (Lipinski definition) is 3. The predicted molar refractivity (Wildman–Crippen MR) is 127 cm³/mol. The summed E-state index contributed by atoms with van der Waals surface area (Å²) in [7, 11) is 1.62. The minimum atomic E-state index is -0.546. The van der Waals surface area contributed by atoms with Gasteiger partial charge in [0.1, 0.15) is 5.75 Å². The van der Waals surface area contributed by atoms with Gasteiger partial charge in [-0.3, -0.25) is 9.59 Å². The van der Waals surface area contributed by atoms with E-state index < -0.39 is 5.92 Å². The van der Waals surface area contributed by atoms with Crippen LogP contribution in [0.1, 0.15) is 27.4 Å². The molecule has 0 fully saturated rings. The lowest BCUT2D eigenvalue weighted by Crippen LogP contribution is -2.39. The fraction of sp³-hybridized carbons (Fsp3) is 0.192. The number of nitrogens with one attached hydrogen (secondary N) is 3. The Labute approximate surface area is 193 Å². The molecule has 0 aliphatic carbocycles. The highest BCUT2D eigenvalue weighted by Crippen LogP contribution is 2.16. The SMILES string of the molecule is COc1ccc(NCCNC(=O)C(CNC(=O)c2cccc(C#N)c2)c2ccccc2)cc1. The van der Waals surface area contributed by atoms with E-state index in [9.17, 15) is 9.59 Å². The van der Waals surface area contributed by atoms with Gasteiger partial charge in [-0.2, -0.15) is 5.26 Å². The lowest BCUT2D eigenvalue weighted by molar-refractivity contribution is -0.122. The quantitative estimate of drug-likeness (QED) is 0.418. The standard InChI is InChI=1S/C26H26N4O3/c1-33-23-12-10-22(11-13-23)28-14-15-29-26(32)24(20-7-3-2-4-8-20)18-30-25(31)21-9-5-6-19(16-21)17-27/h2-13,16,24,28H,14-15,18H2,1H3,(H,29,32)(H,30,31). The van der Waals surface area contributed by atoms with Crippen LogP contribution in [0.2, 0.25) is 0 Å². The van der Waals surface area contributed by atoms with Crippen LogP contribution in [-0.4, -0.2) is 38.6 Å². The molecule has 0 radical (unpaired) electrons.